The molecule has 1 aromatic carbocycles. The predicted molar refractivity (Wildman–Crippen MR) is 61.9 cm³/mol. The molecule has 2 nitrogen and oxygen atoms in total. The third-order valence-corrected chi connectivity index (χ3v) is 2.74. The number of hydrogen-bond acceptors (Lipinski definition) is 1. The van der Waals surface area contributed by atoms with E-state index >= 15 is 0 Å². The van der Waals surface area contributed by atoms with Crippen molar-refractivity contribution in [2.45, 2.75) is 26.7 Å². The predicted octanol–water partition coefficient (Wildman–Crippen LogP) is 2.58. The van der Waals surface area contributed by atoms with Crippen molar-refractivity contribution in [3.05, 3.63) is 29.3 Å². The van der Waals surface area contributed by atoms with E-state index in [4.69, 9.17) is 4.74 Å². The highest BCUT2D eigenvalue weighted by Crippen LogP contribution is 2.23. The molecule has 0 saturated carbocycles. The molecule has 0 amide bonds. The van der Waals surface area contributed by atoms with Crippen molar-refractivity contribution < 1.29 is 9.31 Å². The van der Waals surface area contributed by atoms with Crippen LogP contribution in [-0.4, -0.2) is 24.1 Å². The van der Waals surface area contributed by atoms with E-state index in [2.05, 4.69) is 42.8 Å². The molecule has 0 N–H and O–H groups in total. The van der Waals surface area contributed by atoms with Crippen LogP contribution in [0.5, 0.6) is 5.75 Å². The molecule has 2 heteroatoms. The number of fused-ring (bicyclic) bond motifs is 1. The Hall–Kier alpha value is -1.31. The van der Waals surface area contributed by atoms with Crippen molar-refractivity contribution in [3.63, 3.8) is 0 Å². The fourth-order valence-electron chi connectivity index (χ4n) is 1.85. The van der Waals surface area contributed by atoms with E-state index in [-0.39, 0.29) is 0 Å². The molecule has 0 bridgehead atoms. The minimum atomic E-state index is 0.692. The maximum atomic E-state index is 5.76. The van der Waals surface area contributed by atoms with Gasteiger partial charge in [0.1, 0.15) is 12.3 Å². The van der Waals surface area contributed by atoms with Gasteiger partial charge in [0, 0.05) is 6.42 Å². The average Bonchev–Trinajstić information content (AvgIpc) is 2.26. The third kappa shape index (κ3) is 2.20. The number of nitrogens with zero attached hydrogens (tertiary/aromatic N) is 1. The maximum Gasteiger partial charge on any atom is 0.287 e. The molecule has 80 valence electrons. The van der Waals surface area contributed by atoms with Crippen LogP contribution in [0.25, 0.3) is 0 Å². The fourth-order valence-corrected chi connectivity index (χ4v) is 1.85. The van der Waals surface area contributed by atoms with Crippen LogP contribution >= 0.6 is 0 Å². The van der Waals surface area contributed by atoms with Crippen LogP contribution in [0.15, 0.2) is 18.2 Å². The Morgan fingerprint density at radius 3 is 3.07 bits per heavy atom. The zero-order valence-electron chi connectivity index (χ0n) is 9.49. The van der Waals surface area contributed by atoms with Gasteiger partial charge in [-0.1, -0.05) is 25.5 Å². The Balaban J connectivity index is 2.22. The second kappa shape index (κ2) is 4.47. The average molecular weight is 204 g/mol. The molecule has 0 atom stereocenters. The van der Waals surface area contributed by atoms with Gasteiger partial charge in [0.05, 0.1) is 5.56 Å². The van der Waals surface area contributed by atoms with Crippen LogP contribution in [0.2, 0.25) is 0 Å². The quantitative estimate of drug-likeness (QED) is 0.689. The molecule has 0 spiro atoms. The zero-order chi connectivity index (χ0) is 10.7. The number of benzene rings is 1. The summed E-state index contributed by atoms with van der Waals surface area (Å²) < 4.78 is 8.00. The molecule has 1 aliphatic rings. The first kappa shape index (κ1) is 10.2. The molecule has 2 rings (SSSR count). The zero-order valence-corrected chi connectivity index (χ0v) is 9.49. The van der Waals surface area contributed by atoms with Crippen molar-refractivity contribution in [3.8, 4) is 5.75 Å². The molecule has 0 radical (unpaired) electrons. The van der Waals surface area contributed by atoms with Gasteiger partial charge < -0.3 is 4.74 Å². The Bertz CT molecular complexity index is 382. The molecule has 0 aliphatic carbocycles. The number of unbranched alkanes of at least 4 members (excludes halogenated alkanes) is 1. The molecule has 1 aliphatic heterocycles. The number of hydrogen-bond donors (Lipinski definition) is 0. The van der Waals surface area contributed by atoms with Gasteiger partial charge in [0.15, 0.2) is 6.21 Å². The van der Waals surface area contributed by atoms with E-state index in [1.807, 2.05) is 0 Å². The lowest BCUT2D eigenvalue weighted by Crippen LogP contribution is -2.25. The fraction of sp³-hybridized carbons (Fsp3) is 0.462. The normalized spacial score (nSPS) is 14.1. The van der Waals surface area contributed by atoms with Gasteiger partial charge in [0.2, 0.25) is 0 Å². The van der Waals surface area contributed by atoms with Crippen LogP contribution < -0.4 is 4.74 Å². The van der Waals surface area contributed by atoms with Crippen molar-refractivity contribution >= 4 is 6.21 Å². The molecule has 0 unspecified atom stereocenters. The van der Waals surface area contributed by atoms with Crippen LogP contribution in [0.4, 0.5) is 0 Å². The summed E-state index contributed by atoms with van der Waals surface area (Å²) in [4.78, 5) is 0. The van der Waals surface area contributed by atoms with Gasteiger partial charge in [-0.05, 0) is 18.6 Å². The second-order valence-electron chi connectivity index (χ2n) is 4.06. The Morgan fingerprint density at radius 2 is 2.27 bits per heavy atom. The monoisotopic (exact) mass is 204 g/mol. The number of ether oxygens (including phenoxy) is 1. The first-order chi connectivity index (χ1) is 7.31. The summed E-state index contributed by atoms with van der Waals surface area (Å²) in [5.74, 6) is 1.05. The number of para-hydroxylation sites is 1. The summed E-state index contributed by atoms with van der Waals surface area (Å²) in [7, 11) is 0. The molecule has 0 fully saturated rings. The van der Waals surface area contributed by atoms with Crippen LogP contribution in [-0.2, 0) is 0 Å². The van der Waals surface area contributed by atoms with E-state index in [0.717, 1.165) is 12.3 Å². The molecular formula is C13H18NO+. The van der Waals surface area contributed by atoms with E-state index in [9.17, 15) is 0 Å². The summed E-state index contributed by atoms with van der Waals surface area (Å²) in [6.45, 7) is 6.08. The van der Waals surface area contributed by atoms with E-state index < -0.39 is 0 Å². The smallest absolute Gasteiger partial charge is 0.287 e. The van der Waals surface area contributed by atoms with Gasteiger partial charge in [0.25, 0.3) is 6.73 Å². The molecule has 0 aromatic heterocycles. The molecule has 1 aromatic rings. The van der Waals surface area contributed by atoms with Crippen LogP contribution in [0.1, 0.15) is 30.9 Å². The molecule has 15 heavy (non-hydrogen) atoms. The van der Waals surface area contributed by atoms with Gasteiger partial charge >= 0.3 is 0 Å². The minimum absolute atomic E-state index is 0.692. The van der Waals surface area contributed by atoms with Gasteiger partial charge in [-0.15, -0.1) is 0 Å². The van der Waals surface area contributed by atoms with Gasteiger partial charge in [-0.25, -0.2) is 4.58 Å². The summed E-state index contributed by atoms with van der Waals surface area (Å²) in [5, 5.41) is 0. The van der Waals surface area contributed by atoms with Crippen LogP contribution in [0, 0.1) is 6.92 Å². The standard InChI is InChI=1S/C13H18NO/c1-3-4-8-14-9-12-7-5-6-11(2)13(12)15-10-14/h5-7,9H,3-4,8,10H2,1-2H3/q+1. The lowest BCUT2D eigenvalue weighted by atomic mass is 10.1. The second-order valence-corrected chi connectivity index (χ2v) is 4.06. The van der Waals surface area contributed by atoms with Gasteiger partial charge in [-0.2, -0.15) is 0 Å². The maximum absolute atomic E-state index is 5.76. The highest BCUT2D eigenvalue weighted by molar-refractivity contribution is 5.81. The summed E-state index contributed by atoms with van der Waals surface area (Å²) in [6.07, 6.45) is 4.66. The van der Waals surface area contributed by atoms with Crippen molar-refractivity contribution in [2.24, 2.45) is 0 Å². The minimum Gasteiger partial charge on any atom is -0.435 e. The summed E-state index contributed by atoms with van der Waals surface area (Å²) >= 11 is 0. The lowest BCUT2D eigenvalue weighted by molar-refractivity contribution is -0.556. The Morgan fingerprint density at radius 1 is 1.40 bits per heavy atom. The van der Waals surface area contributed by atoms with Gasteiger partial charge in [-0.3, -0.25) is 0 Å². The van der Waals surface area contributed by atoms with Crippen LogP contribution in [0.3, 0.4) is 0 Å². The first-order valence-electron chi connectivity index (χ1n) is 5.62. The highest BCUT2D eigenvalue weighted by atomic mass is 16.5. The first-order valence-corrected chi connectivity index (χ1v) is 5.62. The van der Waals surface area contributed by atoms with E-state index in [0.29, 0.717) is 6.73 Å². The van der Waals surface area contributed by atoms with Crippen molar-refractivity contribution in [2.75, 3.05) is 13.3 Å². The summed E-state index contributed by atoms with van der Waals surface area (Å²) in [5.41, 5.74) is 2.43. The Kier molecular flexibility index (Phi) is 3.05. The largest absolute Gasteiger partial charge is 0.435 e. The highest BCUT2D eigenvalue weighted by Gasteiger charge is 2.17. The Labute approximate surface area is 91.2 Å². The third-order valence-electron chi connectivity index (χ3n) is 2.74. The summed E-state index contributed by atoms with van der Waals surface area (Å²) in [6, 6.07) is 6.28. The molecule has 0 saturated heterocycles. The SMILES string of the molecule is CCCC[N+]1=Cc2cccc(C)c2OC1. The lowest BCUT2D eigenvalue weighted by Gasteiger charge is -2.15. The van der Waals surface area contributed by atoms with E-state index in [1.54, 1.807) is 0 Å². The van der Waals surface area contributed by atoms with E-state index in [1.165, 1.54) is 24.0 Å². The van der Waals surface area contributed by atoms with Crippen molar-refractivity contribution in [1.29, 1.82) is 0 Å². The topological polar surface area (TPSA) is 12.2 Å². The molecule has 1 heterocycles. The number of aryl methyl sites for hydroxylation is 1. The number of rotatable bonds is 3. The van der Waals surface area contributed by atoms with Crippen molar-refractivity contribution in [1.82, 2.24) is 0 Å². The molecular weight excluding hydrogens is 186 g/mol.